The predicted molar refractivity (Wildman–Crippen MR) is 118 cm³/mol. The van der Waals surface area contributed by atoms with E-state index >= 15 is 0 Å². The van der Waals surface area contributed by atoms with E-state index < -0.39 is 6.10 Å². The zero-order chi connectivity index (χ0) is 22.5. The number of carbonyl (C=O) groups excluding carboxylic acids is 3. The van der Waals surface area contributed by atoms with Gasteiger partial charge in [0.05, 0.1) is 30.4 Å². The Hall–Kier alpha value is -3.23. The minimum absolute atomic E-state index is 0.1000. The highest BCUT2D eigenvalue weighted by Gasteiger charge is 2.34. The molecule has 2 aromatic carbocycles. The number of carbonyl (C=O) groups is 3. The molecule has 4 rings (SSSR count). The molecule has 8 nitrogen and oxygen atoms in total. The fraction of sp³-hybridized carbons (Fsp3) is 0.375. The van der Waals surface area contributed by atoms with E-state index in [1.165, 1.54) is 4.90 Å². The van der Waals surface area contributed by atoms with Gasteiger partial charge in [0.1, 0.15) is 0 Å². The molecule has 0 saturated carbocycles. The van der Waals surface area contributed by atoms with Crippen LogP contribution in [0, 0.1) is 0 Å². The van der Waals surface area contributed by atoms with E-state index in [-0.39, 0.29) is 37.2 Å². The van der Waals surface area contributed by atoms with Crippen molar-refractivity contribution < 1.29 is 24.2 Å². The van der Waals surface area contributed by atoms with Gasteiger partial charge in [0.2, 0.25) is 5.91 Å². The fourth-order valence-electron chi connectivity index (χ4n) is 3.99. The molecule has 0 aliphatic carbocycles. The van der Waals surface area contributed by atoms with E-state index in [9.17, 15) is 19.5 Å². The summed E-state index contributed by atoms with van der Waals surface area (Å²) in [6, 6.07) is 14.4. The van der Waals surface area contributed by atoms with E-state index in [1.807, 2.05) is 24.3 Å². The number of aliphatic hydroxyl groups excluding tert-OH is 1. The van der Waals surface area contributed by atoms with Crippen molar-refractivity contribution in [2.24, 2.45) is 0 Å². The Morgan fingerprint density at radius 2 is 1.62 bits per heavy atom. The van der Waals surface area contributed by atoms with Gasteiger partial charge < -0.3 is 20.1 Å². The molecule has 0 aromatic heterocycles. The fourth-order valence-corrected chi connectivity index (χ4v) is 3.99. The molecule has 32 heavy (non-hydrogen) atoms. The van der Waals surface area contributed by atoms with Gasteiger partial charge >= 0.3 is 0 Å². The maximum absolute atomic E-state index is 12.3. The summed E-state index contributed by atoms with van der Waals surface area (Å²) in [6.07, 6.45) is -0.286. The quantitative estimate of drug-likeness (QED) is 0.611. The lowest BCUT2D eigenvalue weighted by Gasteiger charge is -2.29. The van der Waals surface area contributed by atoms with Crippen LogP contribution < -0.4 is 10.2 Å². The number of aliphatic hydroxyl groups is 1. The van der Waals surface area contributed by atoms with Crippen molar-refractivity contribution in [1.82, 2.24) is 10.2 Å². The number of ether oxygens (including phenoxy) is 1. The van der Waals surface area contributed by atoms with Gasteiger partial charge in [-0.2, -0.15) is 0 Å². The summed E-state index contributed by atoms with van der Waals surface area (Å²) in [5, 5.41) is 13.1. The van der Waals surface area contributed by atoms with Crippen LogP contribution in [-0.4, -0.2) is 67.1 Å². The first-order valence-corrected chi connectivity index (χ1v) is 10.9. The highest BCUT2D eigenvalue weighted by Crippen LogP contribution is 2.23. The summed E-state index contributed by atoms with van der Waals surface area (Å²) in [5.41, 5.74) is 2.63. The van der Waals surface area contributed by atoms with Crippen LogP contribution in [0.3, 0.4) is 0 Å². The van der Waals surface area contributed by atoms with Crippen molar-refractivity contribution in [2.75, 3.05) is 44.3 Å². The molecule has 2 aromatic rings. The molecule has 1 fully saturated rings. The average Bonchev–Trinajstić information content (AvgIpc) is 3.08. The monoisotopic (exact) mass is 437 g/mol. The molecule has 2 N–H and O–H groups in total. The van der Waals surface area contributed by atoms with Crippen LogP contribution in [0.1, 0.15) is 45.2 Å². The van der Waals surface area contributed by atoms with Gasteiger partial charge in [0, 0.05) is 38.3 Å². The van der Waals surface area contributed by atoms with Crippen LogP contribution in [0.5, 0.6) is 0 Å². The lowest BCUT2D eigenvalue weighted by molar-refractivity contribution is -0.121. The third-order valence-electron chi connectivity index (χ3n) is 5.81. The lowest BCUT2D eigenvalue weighted by atomic mass is 10.1. The number of hydrogen-bond donors (Lipinski definition) is 2. The maximum Gasteiger partial charge on any atom is 0.261 e. The van der Waals surface area contributed by atoms with Gasteiger partial charge in [-0.25, -0.2) is 0 Å². The van der Waals surface area contributed by atoms with Crippen molar-refractivity contribution in [1.29, 1.82) is 0 Å². The smallest absolute Gasteiger partial charge is 0.261 e. The molecular weight excluding hydrogens is 410 g/mol. The first-order valence-electron chi connectivity index (χ1n) is 10.9. The number of benzene rings is 2. The summed E-state index contributed by atoms with van der Waals surface area (Å²) >= 11 is 0. The first kappa shape index (κ1) is 22.0. The maximum atomic E-state index is 12.3. The third-order valence-corrected chi connectivity index (χ3v) is 5.81. The summed E-state index contributed by atoms with van der Waals surface area (Å²) in [6.45, 7) is 3.40. The van der Waals surface area contributed by atoms with E-state index in [0.717, 1.165) is 24.3 Å². The second-order valence-corrected chi connectivity index (χ2v) is 7.92. The Balaban J connectivity index is 1.20. The first-order chi connectivity index (χ1) is 15.5. The van der Waals surface area contributed by atoms with Crippen LogP contribution in [0.2, 0.25) is 0 Å². The number of anilines is 1. The highest BCUT2D eigenvalue weighted by molar-refractivity contribution is 6.21. The summed E-state index contributed by atoms with van der Waals surface area (Å²) in [4.78, 5) is 40.3. The second kappa shape index (κ2) is 9.93. The predicted octanol–water partition coefficient (Wildman–Crippen LogP) is 1.75. The van der Waals surface area contributed by atoms with E-state index in [4.69, 9.17) is 4.74 Å². The van der Waals surface area contributed by atoms with E-state index in [2.05, 4.69) is 10.2 Å². The van der Waals surface area contributed by atoms with E-state index in [1.54, 1.807) is 24.3 Å². The molecule has 1 unspecified atom stereocenters. The standard InChI is InChI=1S/C24H27N3O5/c28-21(17-7-9-18(10-8-17)26-12-14-32-15-13-26)16-25-22(29)6-3-11-27-23(30)19-4-1-2-5-20(19)24(27)31/h1-2,4-5,7-10,21,28H,3,6,11-16H2,(H,25,29). The van der Waals surface area contributed by atoms with E-state index in [0.29, 0.717) is 30.8 Å². The highest BCUT2D eigenvalue weighted by atomic mass is 16.5. The van der Waals surface area contributed by atoms with Crippen molar-refractivity contribution in [3.8, 4) is 0 Å². The molecular formula is C24H27N3O5. The number of nitrogens with one attached hydrogen (secondary N) is 1. The Kier molecular flexibility index (Phi) is 6.82. The van der Waals surface area contributed by atoms with Gasteiger partial charge in [0.25, 0.3) is 11.8 Å². The van der Waals surface area contributed by atoms with Gasteiger partial charge in [-0.15, -0.1) is 0 Å². The molecule has 0 bridgehead atoms. The molecule has 168 valence electrons. The summed E-state index contributed by atoms with van der Waals surface area (Å²) in [7, 11) is 0. The Bertz CT molecular complexity index is 950. The van der Waals surface area contributed by atoms with Crippen molar-refractivity contribution in [3.05, 3.63) is 65.2 Å². The summed E-state index contributed by atoms with van der Waals surface area (Å²) in [5.74, 6) is -0.866. The summed E-state index contributed by atoms with van der Waals surface area (Å²) < 4.78 is 5.36. The average molecular weight is 437 g/mol. The van der Waals surface area contributed by atoms with Crippen molar-refractivity contribution in [2.45, 2.75) is 18.9 Å². The number of rotatable bonds is 8. The molecule has 0 radical (unpaired) electrons. The number of fused-ring (bicyclic) bond motifs is 1. The third kappa shape index (κ3) is 4.81. The minimum Gasteiger partial charge on any atom is -0.387 e. The Morgan fingerprint density at radius 3 is 2.25 bits per heavy atom. The number of imide groups is 1. The Morgan fingerprint density at radius 1 is 1.00 bits per heavy atom. The largest absolute Gasteiger partial charge is 0.387 e. The zero-order valence-corrected chi connectivity index (χ0v) is 17.8. The molecule has 2 heterocycles. The number of nitrogens with zero attached hydrogens (tertiary/aromatic N) is 2. The van der Waals surface area contributed by atoms with Gasteiger partial charge in [0.15, 0.2) is 0 Å². The molecule has 3 amide bonds. The topological polar surface area (TPSA) is 99.2 Å². The lowest BCUT2D eigenvalue weighted by Crippen LogP contribution is -2.36. The SMILES string of the molecule is O=C(CCCN1C(=O)c2ccccc2C1=O)NCC(O)c1ccc(N2CCOCC2)cc1. The second-order valence-electron chi connectivity index (χ2n) is 7.92. The molecule has 0 spiro atoms. The van der Waals surface area contributed by atoms with Crippen LogP contribution in [-0.2, 0) is 9.53 Å². The molecule has 2 aliphatic rings. The van der Waals surface area contributed by atoms with Gasteiger partial charge in [-0.05, 0) is 36.2 Å². The number of amides is 3. The Labute approximate surface area is 186 Å². The normalized spacial score (nSPS) is 16.8. The molecule has 8 heteroatoms. The number of morpholine rings is 1. The van der Waals surface area contributed by atoms with Crippen molar-refractivity contribution >= 4 is 23.4 Å². The van der Waals surface area contributed by atoms with Crippen LogP contribution in [0.15, 0.2) is 48.5 Å². The van der Waals surface area contributed by atoms with Gasteiger partial charge in [-0.3, -0.25) is 19.3 Å². The van der Waals surface area contributed by atoms with Crippen molar-refractivity contribution in [3.63, 3.8) is 0 Å². The van der Waals surface area contributed by atoms with Gasteiger partial charge in [-0.1, -0.05) is 24.3 Å². The molecule has 1 saturated heterocycles. The van der Waals surface area contributed by atoms with Crippen LogP contribution in [0.4, 0.5) is 5.69 Å². The molecule has 1 atom stereocenters. The zero-order valence-electron chi connectivity index (χ0n) is 17.8. The van der Waals surface area contributed by atoms with Crippen LogP contribution >= 0.6 is 0 Å². The number of hydrogen-bond acceptors (Lipinski definition) is 6. The minimum atomic E-state index is -0.811. The van der Waals surface area contributed by atoms with Crippen LogP contribution in [0.25, 0.3) is 0 Å². The molecule has 2 aliphatic heterocycles.